The summed E-state index contributed by atoms with van der Waals surface area (Å²) in [6, 6.07) is 0.801. The molecule has 0 spiro atoms. The molecular formula is C28H46N2O2. The summed E-state index contributed by atoms with van der Waals surface area (Å²) < 4.78 is 0. The van der Waals surface area contributed by atoms with E-state index in [-0.39, 0.29) is 23.7 Å². The first kappa shape index (κ1) is 22.7. The molecule has 0 saturated heterocycles. The molecule has 0 aromatic carbocycles. The molecule has 5 aliphatic rings. The zero-order valence-electron chi connectivity index (χ0n) is 20.2. The summed E-state index contributed by atoms with van der Waals surface area (Å²) >= 11 is 0. The Morgan fingerprint density at radius 3 is 1.22 bits per heavy atom. The molecule has 4 nitrogen and oxygen atoms in total. The summed E-state index contributed by atoms with van der Waals surface area (Å²) in [5.41, 5.74) is 0. The molecule has 5 fully saturated rings. The molecule has 0 bridgehead atoms. The van der Waals surface area contributed by atoms with Gasteiger partial charge in [-0.05, 0) is 87.9 Å². The SMILES string of the molecule is O=C(NC1CCC2CCCCC2C1)C1CCC(C(=O)NC2CCC3CCCCC3C2)CC1. The van der Waals surface area contributed by atoms with Gasteiger partial charge in [0.1, 0.15) is 0 Å². The smallest absolute Gasteiger partial charge is 0.223 e. The molecule has 32 heavy (non-hydrogen) atoms. The van der Waals surface area contributed by atoms with Crippen LogP contribution in [-0.2, 0) is 9.59 Å². The van der Waals surface area contributed by atoms with Crippen LogP contribution >= 0.6 is 0 Å². The maximum Gasteiger partial charge on any atom is 0.223 e. The van der Waals surface area contributed by atoms with E-state index in [1.807, 2.05) is 0 Å². The monoisotopic (exact) mass is 442 g/mol. The van der Waals surface area contributed by atoms with E-state index >= 15 is 0 Å². The Labute approximate surface area is 195 Å². The number of nitrogens with one attached hydrogen (secondary N) is 2. The Morgan fingerprint density at radius 2 is 0.812 bits per heavy atom. The van der Waals surface area contributed by atoms with Crippen LogP contribution in [-0.4, -0.2) is 23.9 Å². The van der Waals surface area contributed by atoms with Gasteiger partial charge in [-0.2, -0.15) is 0 Å². The third-order valence-electron chi connectivity index (χ3n) is 10.2. The minimum absolute atomic E-state index is 0.126. The highest BCUT2D eigenvalue weighted by molar-refractivity contribution is 5.81. The van der Waals surface area contributed by atoms with Gasteiger partial charge in [-0.3, -0.25) is 9.59 Å². The van der Waals surface area contributed by atoms with E-state index in [0.29, 0.717) is 12.1 Å². The molecule has 0 aromatic rings. The molecule has 0 heterocycles. The van der Waals surface area contributed by atoms with Crippen LogP contribution in [0.4, 0.5) is 0 Å². The second kappa shape index (κ2) is 10.5. The minimum Gasteiger partial charge on any atom is -0.353 e. The van der Waals surface area contributed by atoms with Gasteiger partial charge in [0.15, 0.2) is 0 Å². The van der Waals surface area contributed by atoms with Gasteiger partial charge >= 0.3 is 0 Å². The van der Waals surface area contributed by atoms with Crippen LogP contribution in [0.25, 0.3) is 0 Å². The van der Waals surface area contributed by atoms with Crippen molar-refractivity contribution in [3.8, 4) is 0 Å². The van der Waals surface area contributed by atoms with E-state index in [1.54, 1.807) is 0 Å². The lowest BCUT2D eigenvalue weighted by molar-refractivity contribution is -0.131. The first-order chi connectivity index (χ1) is 15.7. The Morgan fingerprint density at radius 1 is 0.438 bits per heavy atom. The third kappa shape index (κ3) is 5.36. The molecule has 5 saturated carbocycles. The van der Waals surface area contributed by atoms with Crippen molar-refractivity contribution < 1.29 is 9.59 Å². The number of hydrogen-bond acceptors (Lipinski definition) is 2. The number of carbonyl (C=O) groups excluding carboxylic acids is 2. The molecule has 6 unspecified atom stereocenters. The van der Waals surface area contributed by atoms with E-state index in [4.69, 9.17) is 0 Å². The van der Waals surface area contributed by atoms with E-state index in [1.165, 1.54) is 89.9 Å². The minimum atomic E-state index is 0.126. The molecular weight excluding hydrogens is 396 g/mol. The zero-order chi connectivity index (χ0) is 21.9. The van der Waals surface area contributed by atoms with Gasteiger partial charge in [-0.15, -0.1) is 0 Å². The molecule has 2 amide bonds. The van der Waals surface area contributed by atoms with E-state index in [0.717, 1.165) is 49.4 Å². The summed E-state index contributed by atoms with van der Waals surface area (Å²) in [5.74, 6) is 4.37. The van der Waals surface area contributed by atoms with Gasteiger partial charge in [0.25, 0.3) is 0 Å². The Bertz CT molecular complexity index is 600. The molecule has 5 aliphatic carbocycles. The van der Waals surface area contributed by atoms with Crippen molar-refractivity contribution in [1.82, 2.24) is 10.6 Å². The van der Waals surface area contributed by atoms with Crippen molar-refractivity contribution in [2.45, 2.75) is 128 Å². The lowest BCUT2D eigenvalue weighted by atomic mass is 9.69. The average Bonchev–Trinajstić information content (AvgIpc) is 2.84. The van der Waals surface area contributed by atoms with E-state index in [2.05, 4.69) is 10.6 Å². The molecule has 5 rings (SSSR count). The molecule has 2 N–H and O–H groups in total. The highest BCUT2D eigenvalue weighted by Crippen LogP contribution is 2.42. The summed E-state index contributed by atoms with van der Waals surface area (Å²) in [7, 11) is 0. The fraction of sp³-hybridized carbons (Fsp3) is 0.929. The van der Waals surface area contributed by atoms with Crippen LogP contribution in [0.15, 0.2) is 0 Å². The maximum atomic E-state index is 12.9. The molecule has 0 aliphatic heterocycles. The lowest BCUT2D eigenvalue weighted by Crippen LogP contribution is -2.46. The van der Waals surface area contributed by atoms with Crippen LogP contribution in [0.5, 0.6) is 0 Å². The van der Waals surface area contributed by atoms with Gasteiger partial charge in [0.05, 0.1) is 0 Å². The quantitative estimate of drug-likeness (QED) is 0.583. The largest absolute Gasteiger partial charge is 0.353 e. The summed E-state index contributed by atoms with van der Waals surface area (Å²) in [6.07, 6.45) is 22.1. The number of fused-ring (bicyclic) bond motifs is 2. The molecule has 0 aromatic heterocycles. The lowest BCUT2D eigenvalue weighted by Gasteiger charge is -2.40. The van der Waals surface area contributed by atoms with Gasteiger partial charge in [-0.25, -0.2) is 0 Å². The molecule has 4 heteroatoms. The number of carbonyl (C=O) groups is 2. The Balaban J connectivity index is 1.03. The topological polar surface area (TPSA) is 58.2 Å². The van der Waals surface area contributed by atoms with E-state index in [9.17, 15) is 9.59 Å². The van der Waals surface area contributed by atoms with Crippen LogP contribution in [0.3, 0.4) is 0 Å². The summed E-state index contributed by atoms with van der Waals surface area (Å²) in [4.78, 5) is 25.9. The first-order valence-corrected chi connectivity index (χ1v) is 14.3. The van der Waals surface area contributed by atoms with Crippen molar-refractivity contribution in [2.75, 3.05) is 0 Å². The fourth-order valence-electron chi connectivity index (χ4n) is 8.26. The Kier molecular flexibility index (Phi) is 7.43. The zero-order valence-corrected chi connectivity index (χ0v) is 20.2. The third-order valence-corrected chi connectivity index (χ3v) is 10.2. The van der Waals surface area contributed by atoms with Crippen molar-refractivity contribution in [3.05, 3.63) is 0 Å². The summed E-state index contributed by atoms with van der Waals surface area (Å²) in [5, 5.41) is 6.84. The predicted molar refractivity (Wildman–Crippen MR) is 128 cm³/mol. The number of rotatable bonds is 4. The van der Waals surface area contributed by atoms with Crippen molar-refractivity contribution in [2.24, 2.45) is 35.5 Å². The molecule has 6 atom stereocenters. The highest BCUT2D eigenvalue weighted by Gasteiger charge is 2.37. The second-order valence-electron chi connectivity index (χ2n) is 12.2. The van der Waals surface area contributed by atoms with E-state index < -0.39 is 0 Å². The van der Waals surface area contributed by atoms with Crippen LogP contribution in [0.2, 0.25) is 0 Å². The van der Waals surface area contributed by atoms with Crippen molar-refractivity contribution in [1.29, 1.82) is 0 Å². The molecule has 0 radical (unpaired) electrons. The maximum absolute atomic E-state index is 12.9. The normalized spacial score (nSPS) is 42.2. The van der Waals surface area contributed by atoms with Gasteiger partial charge in [0.2, 0.25) is 11.8 Å². The number of amides is 2. The fourth-order valence-corrected chi connectivity index (χ4v) is 8.26. The Hall–Kier alpha value is -1.06. The van der Waals surface area contributed by atoms with Crippen molar-refractivity contribution in [3.63, 3.8) is 0 Å². The average molecular weight is 443 g/mol. The van der Waals surface area contributed by atoms with Gasteiger partial charge in [-0.1, -0.05) is 51.4 Å². The number of hydrogen-bond donors (Lipinski definition) is 2. The standard InChI is InChI=1S/C28H46N2O2/c31-27(29-25-15-13-19-5-1-3-7-23(19)17-25)21-9-11-22(12-10-21)28(32)30-26-16-14-20-6-2-4-8-24(20)18-26/h19-26H,1-18H2,(H,29,31)(H,30,32). The highest BCUT2D eigenvalue weighted by atomic mass is 16.2. The van der Waals surface area contributed by atoms with Crippen LogP contribution < -0.4 is 10.6 Å². The van der Waals surface area contributed by atoms with Gasteiger partial charge in [0, 0.05) is 23.9 Å². The van der Waals surface area contributed by atoms with Crippen LogP contribution in [0, 0.1) is 35.5 Å². The predicted octanol–water partition coefficient (Wildman–Crippen LogP) is 5.74. The van der Waals surface area contributed by atoms with Crippen LogP contribution in [0.1, 0.15) is 116 Å². The second-order valence-corrected chi connectivity index (χ2v) is 12.2. The first-order valence-electron chi connectivity index (χ1n) is 14.3. The van der Waals surface area contributed by atoms with Crippen molar-refractivity contribution >= 4 is 11.8 Å². The molecule has 180 valence electrons. The summed E-state index contributed by atoms with van der Waals surface area (Å²) in [6.45, 7) is 0. The van der Waals surface area contributed by atoms with Gasteiger partial charge < -0.3 is 10.6 Å².